The molecule has 0 spiro atoms. The summed E-state index contributed by atoms with van der Waals surface area (Å²) < 4.78 is 14.0. The molecule has 10 rings (SSSR count). The minimum atomic E-state index is -1.85. The standard InChI is InChI=1S/C46H28O28/c47-3-1-2(19(48)35(64)20(3)49)4-21(50)7(12-14(22(4)51)30(59)41(70)40(69)29(12)58)5-8-10(27(56)38(67)36(65)25(8)54)6(11-9(5)26(55)37(66)39(68)28(11)57)13-23(52)18-17-24(53)15-16(32(61)43(72)42(71)31(15)60)34(63)45(17)74-46(18)44(73)33(13)62/h1,47-73H/i1D. The number of hydrogen-bond donors (Lipinski definition) is 27. The van der Waals surface area contributed by atoms with Gasteiger partial charge < -0.3 is 142 Å². The molecule has 0 aliphatic rings. The summed E-state index contributed by atoms with van der Waals surface area (Å²) in [7, 11) is 0. The van der Waals surface area contributed by atoms with Crippen LogP contribution in [0.5, 0.6) is 155 Å². The van der Waals surface area contributed by atoms with E-state index in [0.717, 1.165) is 0 Å². The van der Waals surface area contributed by atoms with Crippen LogP contribution in [0.15, 0.2) is 10.5 Å². The highest BCUT2D eigenvalue weighted by Crippen LogP contribution is 2.69. The van der Waals surface area contributed by atoms with Gasteiger partial charge in [-0.05, 0) is 6.04 Å². The number of rotatable bonds is 3. The molecule has 0 aliphatic carbocycles. The highest BCUT2D eigenvalue weighted by atomic mass is 16.4. The summed E-state index contributed by atoms with van der Waals surface area (Å²) in [4.78, 5) is 0. The molecule has 380 valence electrons. The Bertz CT molecular complexity index is 4330. The first-order valence-corrected chi connectivity index (χ1v) is 19.9. The maximum Gasteiger partial charge on any atom is 0.205 e. The Labute approximate surface area is 402 Å². The van der Waals surface area contributed by atoms with E-state index in [1.54, 1.807) is 0 Å². The van der Waals surface area contributed by atoms with Crippen LogP contribution in [0.25, 0.3) is 98.4 Å². The normalized spacial score (nSPS) is 12.1. The monoisotopic (exact) mass is 1030 g/mol. The third-order valence-electron chi connectivity index (χ3n) is 12.7. The van der Waals surface area contributed by atoms with Gasteiger partial charge >= 0.3 is 0 Å². The van der Waals surface area contributed by atoms with Gasteiger partial charge in [-0.3, -0.25) is 0 Å². The molecular weight excluding hydrogens is 1000 g/mol. The summed E-state index contributed by atoms with van der Waals surface area (Å²) in [6, 6.07) is -1.52. The van der Waals surface area contributed by atoms with Crippen molar-refractivity contribution in [2.75, 3.05) is 0 Å². The zero-order valence-electron chi connectivity index (χ0n) is 36.5. The number of aromatic hydroxyl groups is 27. The number of furan rings is 1. The molecule has 0 unspecified atom stereocenters. The molecule has 0 saturated heterocycles. The minimum absolute atomic E-state index is 1.05. The fourth-order valence-corrected chi connectivity index (χ4v) is 9.33. The molecule has 9 aromatic carbocycles. The van der Waals surface area contributed by atoms with Crippen molar-refractivity contribution in [1.29, 1.82) is 0 Å². The van der Waals surface area contributed by atoms with Gasteiger partial charge in [-0.2, -0.15) is 0 Å². The lowest BCUT2D eigenvalue weighted by Gasteiger charge is -2.25. The predicted molar refractivity (Wildman–Crippen MR) is 245 cm³/mol. The number of benzene rings is 9. The minimum Gasteiger partial charge on any atom is -0.506 e. The van der Waals surface area contributed by atoms with Crippen molar-refractivity contribution in [3.8, 4) is 189 Å². The van der Waals surface area contributed by atoms with Gasteiger partial charge in [0.1, 0.15) is 23.0 Å². The van der Waals surface area contributed by atoms with Gasteiger partial charge in [-0.25, -0.2) is 0 Å². The van der Waals surface area contributed by atoms with Gasteiger partial charge in [0.15, 0.2) is 80.2 Å². The molecule has 0 atom stereocenters. The van der Waals surface area contributed by atoms with E-state index in [9.17, 15) is 138 Å². The van der Waals surface area contributed by atoms with E-state index >= 15 is 0 Å². The Kier molecular flexibility index (Phi) is 8.65. The van der Waals surface area contributed by atoms with Gasteiger partial charge in [-0.15, -0.1) is 0 Å². The van der Waals surface area contributed by atoms with E-state index in [1.807, 2.05) is 0 Å². The van der Waals surface area contributed by atoms with E-state index in [2.05, 4.69) is 0 Å². The van der Waals surface area contributed by atoms with Crippen LogP contribution < -0.4 is 0 Å². The van der Waals surface area contributed by atoms with Gasteiger partial charge in [0.25, 0.3) is 0 Å². The second-order valence-corrected chi connectivity index (χ2v) is 16.3. The zero-order valence-corrected chi connectivity index (χ0v) is 35.5. The maximum atomic E-state index is 12.5. The largest absolute Gasteiger partial charge is 0.506 e. The molecule has 1 aromatic heterocycles. The van der Waals surface area contributed by atoms with Crippen molar-refractivity contribution >= 4 is 65.0 Å². The molecule has 28 nitrogen and oxygen atoms in total. The molecule has 74 heavy (non-hydrogen) atoms. The third kappa shape index (κ3) is 5.11. The highest BCUT2D eigenvalue weighted by molar-refractivity contribution is 6.34. The Morgan fingerprint density at radius 3 is 0.919 bits per heavy atom. The lowest BCUT2D eigenvalue weighted by Crippen LogP contribution is -1.98. The molecular formula is C46H28O28. The first-order chi connectivity index (χ1) is 35.0. The van der Waals surface area contributed by atoms with E-state index < -0.39 is 260 Å². The Morgan fingerprint density at radius 1 is 0.203 bits per heavy atom. The topological polar surface area (TPSA) is 559 Å². The predicted octanol–water partition coefficient (Wildman–Crippen LogP) is 5.25. The molecule has 28 heteroatoms. The molecule has 0 bridgehead atoms. The van der Waals surface area contributed by atoms with Gasteiger partial charge in [0, 0.05) is 49.2 Å². The van der Waals surface area contributed by atoms with Crippen LogP contribution in [-0.4, -0.2) is 138 Å². The summed E-state index contributed by atoms with van der Waals surface area (Å²) in [6.07, 6.45) is 0. The molecule has 10 aromatic rings. The van der Waals surface area contributed by atoms with Crippen LogP contribution in [0.4, 0.5) is 0 Å². The number of phenolic OH excluding ortho intramolecular Hbond substituents is 27. The molecule has 0 fully saturated rings. The fourth-order valence-electron chi connectivity index (χ4n) is 9.33. The van der Waals surface area contributed by atoms with Crippen molar-refractivity contribution in [3.63, 3.8) is 0 Å². The summed E-state index contributed by atoms with van der Waals surface area (Å²) >= 11 is 0. The smallest absolute Gasteiger partial charge is 0.205 e. The highest BCUT2D eigenvalue weighted by Gasteiger charge is 2.41. The second-order valence-electron chi connectivity index (χ2n) is 16.3. The summed E-state index contributed by atoms with van der Waals surface area (Å²) in [6.45, 7) is 0. The van der Waals surface area contributed by atoms with E-state index in [0.29, 0.717) is 0 Å². The van der Waals surface area contributed by atoms with E-state index in [4.69, 9.17) is 5.79 Å². The van der Waals surface area contributed by atoms with E-state index in [-0.39, 0.29) is 0 Å². The lowest BCUT2D eigenvalue weighted by molar-refractivity contribution is 0.346. The maximum absolute atomic E-state index is 12.5. The first kappa shape index (κ1) is 44.9. The van der Waals surface area contributed by atoms with Crippen molar-refractivity contribution in [1.82, 2.24) is 0 Å². The van der Waals surface area contributed by atoms with Crippen LogP contribution in [0, 0.1) is 0 Å². The average Bonchev–Trinajstić information content (AvgIpc) is 3.80. The van der Waals surface area contributed by atoms with Crippen LogP contribution >= 0.6 is 0 Å². The Hall–Kier alpha value is -11.6. The molecule has 0 amide bonds. The molecule has 0 saturated carbocycles. The summed E-state index contributed by atoms with van der Waals surface area (Å²) in [5.74, 6) is -45.4. The SMILES string of the molecule is [2H]c1c(O)c(O)c(O)c(O)c1-c1c(O)c(-c2c3c(O)c(O)c(O)c(O)c3c(-c3c(O)c(O)c4oc5c(O)c6c(O)c(O)c(O)c(O)c6c(O)c5c4c3O)c3c(O)c(O)c(O)c(O)c23)c2c(O)c(O)c(O)c(O)c2c1O. The lowest BCUT2D eigenvalue weighted by atomic mass is 9.80. The zero-order chi connectivity index (χ0) is 55.3. The van der Waals surface area contributed by atoms with Crippen LogP contribution in [0.2, 0.25) is 0 Å². The molecule has 0 aliphatic heterocycles. The van der Waals surface area contributed by atoms with Crippen molar-refractivity contribution in [2.24, 2.45) is 0 Å². The van der Waals surface area contributed by atoms with Gasteiger partial charge in [-0.1, -0.05) is 0 Å². The molecule has 1 heterocycles. The van der Waals surface area contributed by atoms with E-state index in [1.165, 1.54) is 0 Å². The number of phenols is 27. The Morgan fingerprint density at radius 2 is 0.500 bits per heavy atom. The number of fused-ring (bicyclic) bond motifs is 7. The molecule has 0 radical (unpaired) electrons. The van der Waals surface area contributed by atoms with Crippen molar-refractivity contribution in [3.05, 3.63) is 6.04 Å². The fraction of sp³-hybridized carbons (Fsp3) is 0. The van der Waals surface area contributed by atoms with Gasteiger partial charge in [0.05, 0.1) is 39.4 Å². The third-order valence-corrected chi connectivity index (χ3v) is 12.7. The first-order valence-electron chi connectivity index (χ1n) is 20.4. The quantitative estimate of drug-likeness (QED) is 0.0610. The second kappa shape index (κ2) is 14.3. The average molecular weight is 1030 g/mol. The summed E-state index contributed by atoms with van der Waals surface area (Å²) in [5, 5.41) is 291. The van der Waals surface area contributed by atoms with Gasteiger partial charge in [0.2, 0.25) is 63.2 Å². The van der Waals surface area contributed by atoms with Crippen LogP contribution in [0.1, 0.15) is 1.37 Å². The summed E-state index contributed by atoms with van der Waals surface area (Å²) in [5.41, 5.74) is -11.3. The van der Waals surface area contributed by atoms with Crippen molar-refractivity contribution < 1.29 is 144 Å². The van der Waals surface area contributed by atoms with Crippen molar-refractivity contribution in [2.45, 2.75) is 0 Å². The molecule has 27 N–H and O–H groups in total. The van der Waals surface area contributed by atoms with Crippen LogP contribution in [-0.2, 0) is 0 Å². The van der Waals surface area contributed by atoms with Crippen LogP contribution in [0.3, 0.4) is 0 Å². The Balaban J connectivity index is 1.55. The number of hydrogen-bond acceptors (Lipinski definition) is 28.